The summed E-state index contributed by atoms with van der Waals surface area (Å²) in [7, 11) is 0. The first-order valence-corrected chi connectivity index (χ1v) is 7.97. The van der Waals surface area contributed by atoms with Gasteiger partial charge in [0, 0.05) is 50.9 Å². The number of halogens is 1. The highest BCUT2D eigenvalue weighted by molar-refractivity contribution is 5.97. The molecular weight excluding hydrogens is 298 g/mol. The van der Waals surface area contributed by atoms with Gasteiger partial charge in [0.05, 0.1) is 0 Å². The summed E-state index contributed by atoms with van der Waals surface area (Å²) in [4.78, 5) is 17.4. The minimum Gasteiger partial charge on any atom is -0.337 e. The molecule has 0 aromatic heterocycles. The highest BCUT2D eigenvalue weighted by Gasteiger charge is 2.32. The van der Waals surface area contributed by atoms with Crippen molar-refractivity contribution in [3.63, 3.8) is 0 Å². The van der Waals surface area contributed by atoms with Gasteiger partial charge in [-0.3, -0.25) is 9.69 Å². The first kappa shape index (κ1) is 17.3. The van der Waals surface area contributed by atoms with E-state index in [0.717, 1.165) is 62.4 Å². The van der Waals surface area contributed by atoms with Crippen LogP contribution in [0.3, 0.4) is 0 Å². The Hall–Kier alpha value is -1.10. The number of nitrogens with zero attached hydrogens (tertiary/aromatic N) is 2. The minimum absolute atomic E-state index is 0. The lowest BCUT2D eigenvalue weighted by atomic mass is 10.0. The molecule has 0 bridgehead atoms. The third-order valence-corrected chi connectivity index (χ3v) is 4.81. The van der Waals surface area contributed by atoms with Crippen LogP contribution in [0.5, 0.6) is 0 Å². The molecule has 1 aromatic rings. The number of benzene rings is 1. The molecule has 1 unspecified atom stereocenters. The van der Waals surface area contributed by atoms with Gasteiger partial charge < -0.3 is 10.2 Å². The zero-order valence-electron chi connectivity index (χ0n) is 13.5. The molecule has 2 aliphatic heterocycles. The second kappa shape index (κ2) is 7.44. The van der Waals surface area contributed by atoms with Gasteiger partial charge in [-0.2, -0.15) is 0 Å². The molecule has 2 fully saturated rings. The predicted octanol–water partition coefficient (Wildman–Crippen LogP) is 1.84. The molecule has 1 amide bonds. The lowest BCUT2D eigenvalue weighted by molar-refractivity contribution is 0.0772. The first-order chi connectivity index (χ1) is 10.2. The number of likely N-dealkylation sites (tertiary alicyclic amines) is 1. The maximum absolute atomic E-state index is 12.8. The van der Waals surface area contributed by atoms with Crippen molar-refractivity contribution in [3.8, 4) is 0 Å². The third-order valence-electron chi connectivity index (χ3n) is 4.81. The monoisotopic (exact) mass is 323 g/mol. The topological polar surface area (TPSA) is 35.6 Å². The number of rotatable bonds is 2. The van der Waals surface area contributed by atoms with Crippen LogP contribution in [0.2, 0.25) is 0 Å². The molecule has 1 aromatic carbocycles. The SMILES string of the molecule is Cc1cccc(C)c1C(=O)N1CCC(N2CCNCC2)C1.Cl. The van der Waals surface area contributed by atoms with Crippen LogP contribution in [0.1, 0.15) is 27.9 Å². The Morgan fingerprint density at radius 2 is 1.77 bits per heavy atom. The lowest BCUT2D eigenvalue weighted by Crippen LogP contribution is -2.49. The van der Waals surface area contributed by atoms with Gasteiger partial charge in [0.1, 0.15) is 0 Å². The molecule has 0 radical (unpaired) electrons. The van der Waals surface area contributed by atoms with Crippen molar-refractivity contribution in [1.29, 1.82) is 0 Å². The van der Waals surface area contributed by atoms with Gasteiger partial charge in [0.15, 0.2) is 0 Å². The zero-order valence-corrected chi connectivity index (χ0v) is 14.3. The van der Waals surface area contributed by atoms with E-state index < -0.39 is 0 Å². The maximum Gasteiger partial charge on any atom is 0.254 e. The fourth-order valence-corrected chi connectivity index (χ4v) is 3.58. The minimum atomic E-state index is 0. The number of carbonyl (C=O) groups excluding carboxylic acids is 1. The van der Waals surface area contributed by atoms with Gasteiger partial charge in [-0.05, 0) is 31.4 Å². The predicted molar refractivity (Wildman–Crippen MR) is 91.9 cm³/mol. The molecular formula is C17H26ClN3O. The van der Waals surface area contributed by atoms with Crippen molar-refractivity contribution in [2.24, 2.45) is 0 Å². The van der Waals surface area contributed by atoms with Crippen LogP contribution in [0, 0.1) is 13.8 Å². The molecule has 5 heteroatoms. The second-order valence-electron chi connectivity index (χ2n) is 6.25. The molecule has 2 aliphatic rings. The van der Waals surface area contributed by atoms with E-state index >= 15 is 0 Å². The summed E-state index contributed by atoms with van der Waals surface area (Å²) in [5, 5.41) is 3.39. The van der Waals surface area contributed by atoms with Crippen LogP contribution in [0.15, 0.2) is 18.2 Å². The van der Waals surface area contributed by atoms with Crippen LogP contribution in [-0.2, 0) is 0 Å². The molecule has 0 spiro atoms. The van der Waals surface area contributed by atoms with Gasteiger partial charge >= 0.3 is 0 Å². The summed E-state index contributed by atoms with van der Waals surface area (Å²) in [5.74, 6) is 0.211. The Morgan fingerprint density at radius 3 is 2.41 bits per heavy atom. The smallest absolute Gasteiger partial charge is 0.254 e. The van der Waals surface area contributed by atoms with Gasteiger partial charge in [0.2, 0.25) is 0 Å². The summed E-state index contributed by atoms with van der Waals surface area (Å²) >= 11 is 0. The molecule has 3 rings (SSSR count). The first-order valence-electron chi connectivity index (χ1n) is 7.97. The van der Waals surface area contributed by atoms with E-state index in [4.69, 9.17) is 0 Å². The van der Waals surface area contributed by atoms with Crippen molar-refractivity contribution in [1.82, 2.24) is 15.1 Å². The average molecular weight is 324 g/mol. The average Bonchev–Trinajstić information content (AvgIpc) is 2.97. The molecule has 122 valence electrons. The van der Waals surface area contributed by atoms with E-state index in [-0.39, 0.29) is 18.3 Å². The van der Waals surface area contributed by atoms with Gasteiger partial charge in [-0.15, -0.1) is 12.4 Å². The van der Waals surface area contributed by atoms with Crippen LogP contribution < -0.4 is 5.32 Å². The molecule has 0 saturated carbocycles. The van der Waals surface area contributed by atoms with Gasteiger partial charge in [-0.1, -0.05) is 18.2 Å². The Balaban J connectivity index is 0.00000176. The van der Waals surface area contributed by atoms with E-state index in [9.17, 15) is 4.79 Å². The van der Waals surface area contributed by atoms with E-state index in [1.54, 1.807) is 0 Å². The van der Waals surface area contributed by atoms with Crippen molar-refractivity contribution >= 4 is 18.3 Å². The standard InChI is InChI=1S/C17H25N3O.ClH/c1-13-4-3-5-14(2)16(13)17(21)20-9-6-15(12-20)19-10-7-18-8-11-19;/h3-5,15,18H,6-12H2,1-2H3;1H. The molecule has 22 heavy (non-hydrogen) atoms. The summed E-state index contributed by atoms with van der Waals surface area (Å²) in [5.41, 5.74) is 3.08. The quantitative estimate of drug-likeness (QED) is 0.902. The van der Waals surface area contributed by atoms with Crippen LogP contribution in [-0.4, -0.2) is 61.0 Å². The summed E-state index contributed by atoms with van der Waals surface area (Å²) in [6.45, 7) is 10.2. The largest absolute Gasteiger partial charge is 0.337 e. The Morgan fingerprint density at radius 1 is 1.14 bits per heavy atom. The maximum atomic E-state index is 12.8. The Kier molecular flexibility index (Phi) is 5.84. The number of nitrogens with one attached hydrogen (secondary N) is 1. The van der Waals surface area contributed by atoms with Crippen LogP contribution >= 0.6 is 12.4 Å². The van der Waals surface area contributed by atoms with E-state index in [1.807, 2.05) is 36.9 Å². The fourth-order valence-electron chi connectivity index (χ4n) is 3.58. The van der Waals surface area contributed by atoms with Crippen molar-refractivity contribution in [2.45, 2.75) is 26.3 Å². The molecule has 1 N–H and O–H groups in total. The number of carbonyl (C=O) groups is 1. The molecule has 4 nitrogen and oxygen atoms in total. The highest BCUT2D eigenvalue weighted by Crippen LogP contribution is 2.21. The van der Waals surface area contributed by atoms with E-state index in [0.29, 0.717) is 6.04 Å². The van der Waals surface area contributed by atoms with Crippen molar-refractivity contribution < 1.29 is 4.79 Å². The van der Waals surface area contributed by atoms with Crippen LogP contribution in [0.25, 0.3) is 0 Å². The second-order valence-corrected chi connectivity index (χ2v) is 6.25. The normalized spacial score (nSPS) is 22.5. The molecule has 1 atom stereocenters. The lowest BCUT2D eigenvalue weighted by Gasteiger charge is -2.32. The highest BCUT2D eigenvalue weighted by atomic mass is 35.5. The number of aryl methyl sites for hydroxylation is 2. The summed E-state index contributed by atoms with van der Waals surface area (Å²) < 4.78 is 0. The fraction of sp³-hybridized carbons (Fsp3) is 0.588. The van der Waals surface area contributed by atoms with Gasteiger partial charge in [-0.25, -0.2) is 0 Å². The van der Waals surface area contributed by atoms with Crippen molar-refractivity contribution in [2.75, 3.05) is 39.3 Å². The summed E-state index contributed by atoms with van der Waals surface area (Å²) in [6, 6.07) is 6.63. The Labute approximate surface area is 139 Å². The van der Waals surface area contributed by atoms with Crippen molar-refractivity contribution in [3.05, 3.63) is 34.9 Å². The Bertz CT molecular complexity index is 508. The molecule has 2 heterocycles. The molecule has 0 aliphatic carbocycles. The van der Waals surface area contributed by atoms with Gasteiger partial charge in [0.25, 0.3) is 5.91 Å². The van der Waals surface area contributed by atoms with E-state index in [2.05, 4.69) is 10.2 Å². The van der Waals surface area contributed by atoms with E-state index in [1.165, 1.54) is 0 Å². The number of hydrogen-bond donors (Lipinski definition) is 1. The molecule has 2 saturated heterocycles. The number of hydrogen-bond acceptors (Lipinski definition) is 3. The van der Waals surface area contributed by atoms with Crippen LogP contribution in [0.4, 0.5) is 0 Å². The third kappa shape index (κ3) is 3.45. The number of amides is 1. The summed E-state index contributed by atoms with van der Waals surface area (Å²) in [6.07, 6.45) is 1.11. The zero-order chi connectivity index (χ0) is 14.8. The number of piperazine rings is 1.